The molecule has 1 rings (SSSR count). The first-order valence-corrected chi connectivity index (χ1v) is 4.88. The molecule has 0 bridgehead atoms. The molecule has 5 heteroatoms. The summed E-state index contributed by atoms with van der Waals surface area (Å²) in [6.07, 6.45) is 0. The first-order valence-electron chi connectivity index (χ1n) is 3.71. The van der Waals surface area contributed by atoms with Crippen LogP contribution in [0.3, 0.4) is 0 Å². The second-order valence-corrected chi connectivity index (χ2v) is 3.75. The second-order valence-electron chi connectivity index (χ2n) is 2.46. The zero-order valence-corrected chi connectivity index (χ0v) is 9.98. The molecule has 1 aromatic rings. The number of rotatable bonds is 2. The van der Waals surface area contributed by atoms with Gasteiger partial charge in [-0.3, -0.25) is 0 Å². The van der Waals surface area contributed by atoms with Gasteiger partial charge in [0.15, 0.2) is 0 Å². The van der Waals surface area contributed by atoms with Gasteiger partial charge in [-0.2, -0.15) is 0 Å². The van der Waals surface area contributed by atoms with Crippen molar-refractivity contribution in [3.05, 3.63) is 27.2 Å². The van der Waals surface area contributed by atoms with Gasteiger partial charge in [0.25, 0.3) is 0 Å². The minimum absolute atomic E-state index is 0.333. The Balaban J connectivity index is 3.32. The topological polar surface area (TPSA) is 35.5 Å². The zero-order chi connectivity index (χ0) is 10.7. The molecule has 0 aliphatic heterocycles. The Morgan fingerprint density at radius 3 is 2.57 bits per heavy atom. The van der Waals surface area contributed by atoms with E-state index in [9.17, 15) is 4.79 Å². The van der Waals surface area contributed by atoms with E-state index in [1.54, 1.807) is 12.1 Å². The van der Waals surface area contributed by atoms with Crippen LogP contribution in [0, 0.1) is 0 Å². The van der Waals surface area contributed by atoms with E-state index in [2.05, 4.69) is 20.7 Å². The van der Waals surface area contributed by atoms with Crippen molar-refractivity contribution in [2.75, 3.05) is 14.2 Å². The van der Waals surface area contributed by atoms with Crippen molar-refractivity contribution in [1.82, 2.24) is 0 Å². The van der Waals surface area contributed by atoms with Crippen LogP contribution in [-0.2, 0) is 4.74 Å². The van der Waals surface area contributed by atoms with Gasteiger partial charge in [0.2, 0.25) is 0 Å². The fourth-order valence-corrected chi connectivity index (χ4v) is 1.96. The van der Waals surface area contributed by atoms with E-state index >= 15 is 0 Å². The number of esters is 1. The average Bonchev–Trinajstić information content (AvgIpc) is 2.15. The number of carbonyl (C=O) groups excluding carboxylic acids is 1. The summed E-state index contributed by atoms with van der Waals surface area (Å²) in [5.74, 6) is -0.0818. The Labute approximate surface area is 95.1 Å². The lowest BCUT2D eigenvalue weighted by Crippen LogP contribution is -2.05. The smallest absolute Gasteiger partial charge is 0.342 e. The highest BCUT2D eigenvalue weighted by atomic mass is 79.9. The minimum atomic E-state index is -0.467. The lowest BCUT2D eigenvalue weighted by atomic mass is 10.2. The highest BCUT2D eigenvalue weighted by molar-refractivity contribution is 9.10. The quantitative estimate of drug-likeness (QED) is 0.781. The van der Waals surface area contributed by atoms with Crippen LogP contribution in [-0.4, -0.2) is 20.2 Å². The second kappa shape index (κ2) is 4.66. The van der Waals surface area contributed by atoms with Crippen LogP contribution >= 0.6 is 27.5 Å². The fraction of sp³-hybridized carbons (Fsp3) is 0.222. The molecule has 0 fully saturated rings. The maximum atomic E-state index is 11.3. The number of methoxy groups -OCH3 is 2. The molecule has 0 spiro atoms. The maximum absolute atomic E-state index is 11.3. The first kappa shape index (κ1) is 11.3. The van der Waals surface area contributed by atoms with Crippen LogP contribution < -0.4 is 4.74 Å². The Kier molecular flexibility index (Phi) is 3.77. The predicted molar refractivity (Wildman–Crippen MR) is 57.0 cm³/mol. The predicted octanol–water partition coefficient (Wildman–Crippen LogP) is 2.90. The number of carbonyl (C=O) groups is 1. The van der Waals surface area contributed by atoms with Gasteiger partial charge in [0.1, 0.15) is 11.3 Å². The molecule has 14 heavy (non-hydrogen) atoms. The van der Waals surface area contributed by atoms with Gasteiger partial charge in [-0.05, 0) is 28.1 Å². The molecule has 0 saturated carbocycles. The molecule has 0 N–H and O–H groups in total. The highest BCUT2D eigenvalue weighted by Gasteiger charge is 2.17. The van der Waals surface area contributed by atoms with Crippen LogP contribution in [0.1, 0.15) is 10.4 Å². The van der Waals surface area contributed by atoms with Crippen molar-refractivity contribution in [1.29, 1.82) is 0 Å². The molecule has 0 aromatic heterocycles. The Bertz CT molecular complexity index is 365. The van der Waals surface area contributed by atoms with Gasteiger partial charge in [-0.1, -0.05) is 11.6 Å². The molecule has 0 aliphatic rings. The van der Waals surface area contributed by atoms with E-state index in [0.717, 1.165) is 0 Å². The molecule has 0 unspecified atom stereocenters. The third-order valence-electron chi connectivity index (χ3n) is 1.63. The van der Waals surface area contributed by atoms with E-state index in [1.165, 1.54) is 14.2 Å². The van der Waals surface area contributed by atoms with Gasteiger partial charge in [-0.25, -0.2) is 4.79 Å². The van der Waals surface area contributed by atoms with E-state index in [0.29, 0.717) is 20.8 Å². The molecular weight excluding hydrogens is 271 g/mol. The molecule has 76 valence electrons. The molecule has 3 nitrogen and oxygen atoms in total. The van der Waals surface area contributed by atoms with Gasteiger partial charge >= 0.3 is 5.97 Å². The summed E-state index contributed by atoms with van der Waals surface area (Å²) in [6, 6.07) is 3.16. The SMILES string of the molecule is COC(=O)c1c(Br)cc(Cl)cc1OC. The average molecular weight is 280 g/mol. The summed E-state index contributed by atoms with van der Waals surface area (Å²) >= 11 is 9.00. The number of ether oxygens (including phenoxy) is 2. The Morgan fingerprint density at radius 2 is 2.07 bits per heavy atom. The van der Waals surface area contributed by atoms with Gasteiger partial charge in [0.05, 0.1) is 14.2 Å². The normalized spacial score (nSPS) is 9.71. The van der Waals surface area contributed by atoms with Gasteiger partial charge in [0, 0.05) is 9.50 Å². The van der Waals surface area contributed by atoms with Crippen molar-refractivity contribution in [2.45, 2.75) is 0 Å². The molecule has 0 amide bonds. The van der Waals surface area contributed by atoms with Crippen molar-refractivity contribution in [3.8, 4) is 5.75 Å². The van der Waals surface area contributed by atoms with Crippen molar-refractivity contribution in [2.24, 2.45) is 0 Å². The summed E-state index contributed by atoms with van der Waals surface area (Å²) in [7, 11) is 2.77. The zero-order valence-electron chi connectivity index (χ0n) is 7.64. The van der Waals surface area contributed by atoms with Gasteiger partial charge < -0.3 is 9.47 Å². The first-order chi connectivity index (χ1) is 6.60. The minimum Gasteiger partial charge on any atom is -0.496 e. The third kappa shape index (κ3) is 2.19. The number of benzene rings is 1. The van der Waals surface area contributed by atoms with Crippen LogP contribution in [0.5, 0.6) is 5.75 Å². The molecule has 0 saturated heterocycles. The third-order valence-corrected chi connectivity index (χ3v) is 2.47. The monoisotopic (exact) mass is 278 g/mol. The van der Waals surface area contributed by atoms with E-state index in [4.69, 9.17) is 16.3 Å². The lowest BCUT2D eigenvalue weighted by Gasteiger charge is -2.08. The molecule has 0 aliphatic carbocycles. The van der Waals surface area contributed by atoms with Crippen LogP contribution in [0.25, 0.3) is 0 Å². The fourth-order valence-electron chi connectivity index (χ4n) is 1.01. The van der Waals surface area contributed by atoms with Crippen molar-refractivity contribution >= 4 is 33.5 Å². The standard InChI is InChI=1S/C9H8BrClO3/c1-13-7-4-5(11)3-6(10)8(7)9(12)14-2/h3-4H,1-2H3. The van der Waals surface area contributed by atoms with E-state index in [-0.39, 0.29) is 0 Å². The Morgan fingerprint density at radius 1 is 1.43 bits per heavy atom. The lowest BCUT2D eigenvalue weighted by molar-refractivity contribution is 0.0596. The summed E-state index contributed by atoms with van der Waals surface area (Å²) in [5, 5.41) is 0.487. The largest absolute Gasteiger partial charge is 0.496 e. The molecule has 1 aromatic carbocycles. The van der Waals surface area contributed by atoms with Crippen LogP contribution in [0.15, 0.2) is 16.6 Å². The summed E-state index contributed by atoms with van der Waals surface area (Å²) in [6.45, 7) is 0. The van der Waals surface area contributed by atoms with Crippen molar-refractivity contribution in [3.63, 3.8) is 0 Å². The molecule has 0 heterocycles. The van der Waals surface area contributed by atoms with Crippen LogP contribution in [0.4, 0.5) is 0 Å². The molecule has 0 radical (unpaired) electrons. The molecule has 0 atom stereocenters. The van der Waals surface area contributed by atoms with E-state index in [1.807, 2.05) is 0 Å². The maximum Gasteiger partial charge on any atom is 0.342 e. The highest BCUT2D eigenvalue weighted by Crippen LogP contribution is 2.31. The number of hydrogen-bond donors (Lipinski definition) is 0. The van der Waals surface area contributed by atoms with Crippen LogP contribution in [0.2, 0.25) is 5.02 Å². The van der Waals surface area contributed by atoms with Gasteiger partial charge in [-0.15, -0.1) is 0 Å². The molecular formula is C9H8BrClO3. The number of halogens is 2. The Hall–Kier alpha value is -0.740. The summed E-state index contributed by atoms with van der Waals surface area (Å²) in [5.41, 5.74) is 0.333. The van der Waals surface area contributed by atoms with E-state index < -0.39 is 5.97 Å². The summed E-state index contributed by atoms with van der Waals surface area (Å²) in [4.78, 5) is 11.3. The van der Waals surface area contributed by atoms with Crippen molar-refractivity contribution < 1.29 is 14.3 Å². The summed E-state index contributed by atoms with van der Waals surface area (Å²) < 4.78 is 10.2. The number of hydrogen-bond acceptors (Lipinski definition) is 3.